The van der Waals surface area contributed by atoms with Gasteiger partial charge in [0.1, 0.15) is 5.82 Å². The number of aromatic nitrogens is 3. The number of hydrogen-bond donors (Lipinski definition) is 1. The Morgan fingerprint density at radius 2 is 2.33 bits per heavy atom. The second-order valence-electron chi connectivity index (χ2n) is 6.20. The maximum absolute atomic E-state index is 12.1. The van der Waals surface area contributed by atoms with Crippen molar-refractivity contribution in [3.63, 3.8) is 0 Å². The number of rotatable bonds is 4. The molecular weight excluding hydrogens is 264 g/mol. The molecule has 5 heteroatoms. The highest BCUT2D eigenvalue weighted by atomic mass is 16.1. The Hall–Kier alpha value is -1.65. The third kappa shape index (κ3) is 3.34. The molecule has 0 unspecified atom stereocenters. The van der Waals surface area contributed by atoms with Crippen LogP contribution in [0.25, 0.3) is 0 Å². The zero-order valence-corrected chi connectivity index (χ0v) is 12.7. The van der Waals surface area contributed by atoms with Crippen molar-refractivity contribution in [2.24, 2.45) is 5.92 Å². The molecule has 0 saturated heterocycles. The molecule has 0 aromatic carbocycles. The lowest BCUT2D eigenvalue weighted by atomic mass is 10.0. The van der Waals surface area contributed by atoms with Crippen LogP contribution in [0.4, 0.5) is 0 Å². The van der Waals surface area contributed by atoms with Gasteiger partial charge in [-0.3, -0.25) is 4.79 Å². The summed E-state index contributed by atoms with van der Waals surface area (Å²) >= 11 is 0. The summed E-state index contributed by atoms with van der Waals surface area (Å²) < 4.78 is 2.20. The Morgan fingerprint density at radius 1 is 1.43 bits per heavy atom. The number of allylic oxidation sites excluding steroid dienone is 2. The van der Waals surface area contributed by atoms with E-state index in [2.05, 4.69) is 32.2 Å². The highest BCUT2D eigenvalue weighted by molar-refractivity contribution is 5.76. The first kappa shape index (κ1) is 14.3. The second-order valence-corrected chi connectivity index (χ2v) is 6.20. The lowest BCUT2D eigenvalue weighted by molar-refractivity contribution is -0.122. The topological polar surface area (TPSA) is 59.8 Å². The van der Waals surface area contributed by atoms with Gasteiger partial charge in [-0.2, -0.15) is 0 Å². The van der Waals surface area contributed by atoms with Crippen molar-refractivity contribution in [3.05, 3.63) is 23.8 Å². The molecule has 1 aliphatic carbocycles. The van der Waals surface area contributed by atoms with Gasteiger partial charge in [-0.15, -0.1) is 10.2 Å². The van der Waals surface area contributed by atoms with Crippen LogP contribution >= 0.6 is 0 Å². The summed E-state index contributed by atoms with van der Waals surface area (Å²) in [5, 5.41) is 11.7. The maximum Gasteiger partial charge on any atom is 0.221 e. The minimum Gasteiger partial charge on any atom is -0.346 e. The molecular formula is C16H24N4O. The van der Waals surface area contributed by atoms with Gasteiger partial charge in [0.15, 0.2) is 5.82 Å². The summed E-state index contributed by atoms with van der Waals surface area (Å²) in [5.41, 5.74) is 0. The number of carbonyl (C=O) groups is 1. The molecule has 114 valence electrons. The number of fused-ring (bicyclic) bond motifs is 1. The summed E-state index contributed by atoms with van der Waals surface area (Å²) in [4.78, 5) is 12.1. The standard InChI is InChI=1S/C16H24N4O/c1-12(17-15(21)11-13-7-4-5-8-13)16-19-18-14-9-3-2-6-10-20(14)16/h4,7,12-13H,2-3,5-6,8-11H2,1H3,(H,17,21)/t12-,13-/m0/s1. The van der Waals surface area contributed by atoms with E-state index in [1.807, 2.05) is 6.92 Å². The van der Waals surface area contributed by atoms with Crippen molar-refractivity contribution in [2.45, 2.75) is 64.5 Å². The van der Waals surface area contributed by atoms with Crippen LogP contribution in [0.3, 0.4) is 0 Å². The summed E-state index contributed by atoms with van der Waals surface area (Å²) in [6.45, 7) is 2.98. The van der Waals surface area contributed by atoms with Crippen LogP contribution in [-0.4, -0.2) is 20.7 Å². The zero-order valence-electron chi connectivity index (χ0n) is 12.7. The lowest BCUT2D eigenvalue weighted by Crippen LogP contribution is -2.30. The van der Waals surface area contributed by atoms with Crippen molar-refractivity contribution >= 4 is 5.91 Å². The SMILES string of the molecule is C[C@H](NC(=O)C[C@H]1C=CCC1)c1nnc2n1CCCCC2. The molecule has 21 heavy (non-hydrogen) atoms. The van der Waals surface area contributed by atoms with E-state index in [0.29, 0.717) is 12.3 Å². The van der Waals surface area contributed by atoms with E-state index in [1.54, 1.807) is 0 Å². The first-order valence-electron chi connectivity index (χ1n) is 8.12. The van der Waals surface area contributed by atoms with E-state index in [9.17, 15) is 4.79 Å². The van der Waals surface area contributed by atoms with Gasteiger partial charge >= 0.3 is 0 Å². The average Bonchev–Trinajstić information content (AvgIpc) is 3.04. The fourth-order valence-corrected chi connectivity index (χ4v) is 3.30. The van der Waals surface area contributed by atoms with E-state index in [1.165, 1.54) is 19.3 Å². The van der Waals surface area contributed by atoms with Gasteiger partial charge in [0.2, 0.25) is 5.91 Å². The molecule has 5 nitrogen and oxygen atoms in total. The number of amides is 1. The van der Waals surface area contributed by atoms with Gasteiger partial charge in [-0.05, 0) is 38.5 Å². The predicted octanol–water partition coefficient (Wildman–Crippen LogP) is 2.54. The number of carbonyl (C=O) groups excluding carboxylic acids is 1. The molecule has 1 amide bonds. The van der Waals surface area contributed by atoms with Gasteiger partial charge in [0, 0.05) is 19.4 Å². The fourth-order valence-electron chi connectivity index (χ4n) is 3.30. The molecule has 1 aromatic heterocycles. The van der Waals surface area contributed by atoms with Crippen LogP contribution in [0.1, 0.15) is 63.1 Å². The number of nitrogens with one attached hydrogen (secondary N) is 1. The molecule has 2 aliphatic rings. The lowest BCUT2D eigenvalue weighted by Gasteiger charge is -2.16. The largest absolute Gasteiger partial charge is 0.346 e. The van der Waals surface area contributed by atoms with Crippen LogP contribution in [0.15, 0.2) is 12.2 Å². The van der Waals surface area contributed by atoms with Gasteiger partial charge in [0.05, 0.1) is 6.04 Å². The van der Waals surface area contributed by atoms with Crippen molar-refractivity contribution < 1.29 is 4.79 Å². The molecule has 0 fully saturated rings. The average molecular weight is 288 g/mol. The van der Waals surface area contributed by atoms with E-state index in [0.717, 1.165) is 37.5 Å². The third-order valence-electron chi connectivity index (χ3n) is 4.46. The van der Waals surface area contributed by atoms with Crippen molar-refractivity contribution in [1.29, 1.82) is 0 Å². The van der Waals surface area contributed by atoms with Crippen LogP contribution in [0.2, 0.25) is 0 Å². The molecule has 2 atom stereocenters. The van der Waals surface area contributed by atoms with Crippen LogP contribution in [0.5, 0.6) is 0 Å². The Bertz CT molecular complexity index is 534. The number of hydrogen-bond acceptors (Lipinski definition) is 3. The van der Waals surface area contributed by atoms with E-state index in [-0.39, 0.29) is 11.9 Å². The maximum atomic E-state index is 12.1. The molecule has 0 saturated carbocycles. The molecule has 1 aromatic rings. The highest BCUT2D eigenvalue weighted by Crippen LogP contribution is 2.22. The van der Waals surface area contributed by atoms with Gasteiger partial charge in [-0.25, -0.2) is 0 Å². The number of nitrogens with zero attached hydrogens (tertiary/aromatic N) is 3. The Balaban J connectivity index is 1.62. The van der Waals surface area contributed by atoms with Crippen LogP contribution in [-0.2, 0) is 17.8 Å². The second kappa shape index (κ2) is 6.41. The van der Waals surface area contributed by atoms with Gasteiger partial charge in [-0.1, -0.05) is 18.6 Å². The summed E-state index contributed by atoms with van der Waals surface area (Å²) in [7, 11) is 0. The smallest absolute Gasteiger partial charge is 0.221 e. The molecule has 1 N–H and O–H groups in total. The fraction of sp³-hybridized carbons (Fsp3) is 0.688. The Kier molecular flexibility index (Phi) is 4.36. The summed E-state index contributed by atoms with van der Waals surface area (Å²) in [5.74, 6) is 2.50. The van der Waals surface area contributed by atoms with Crippen LogP contribution < -0.4 is 5.32 Å². The minimum absolute atomic E-state index is 0.0674. The van der Waals surface area contributed by atoms with Gasteiger partial charge in [0.25, 0.3) is 0 Å². The normalized spacial score (nSPS) is 22.6. The third-order valence-corrected chi connectivity index (χ3v) is 4.46. The summed E-state index contributed by atoms with van der Waals surface area (Å²) in [6, 6.07) is -0.0674. The van der Waals surface area contributed by atoms with Crippen LogP contribution in [0, 0.1) is 5.92 Å². The van der Waals surface area contributed by atoms with Gasteiger partial charge < -0.3 is 9.88 Å². The highest BCUT2D eigenvalue weighted by Gasteiger charge is 2.21. The zero-order chi connectivity index (χ0) is 14.7. The van der Waals surface area contributed by atoms with Crippen molar-refractivity contribution in [2.75, 3.05) is 0 Å². The molecule has 1 aliphatic heterocycles. The summed E-state index contributed by atoms with van der Waals surface area (Å²) in [6.07, 6.45) is 11.7. The molecule has 0 spiro atoms. The quantitative estimate of drug-likeness (QED) is 0.866. The number of aryl methyl sites for hydroxylation is 1. The van der Waals surface area contributed by atoms with Crippen molar-refractivity contribution in [1.82, 2.24) is 20.1 Å². The van der Waals surface area contributed by atoms with Crippen molar-refractivity contribution in [3.8, 4) is 0 Å². The Labute approximate surface area is 125 Å². The molecule has 3 rings (SSSR count). The minimum atomic E-state index is -0.0674. The van der Waals surface area contributed by atoms with E-state index in [4.69, 9.17) is 0 Å². The molecule has 0 radical (unpaired) electrons. The van der Waals surface area contributed by atoms with E-state index >= 15 is 0 Å². The molecule has 0 bridgehead atoms. The first-order chi connectivity index (χ1) is 10.2. The van der Waals surface area contributed by atoms with E-state index < -0.39 is 0 Å². The first-order valence-corrected chi connectivity index (χ1v) is 8.12. The predicted molar refractivity (Wildman–Crippen MR) is 80.6 cm³/mol. The monoisotopic (exact) mass is 288 g/mol. The molecule has 2 heterocycles. The Morgan fingerprint density at radius 3 is 3.14 bits per heavy atom.